The highest BCUT2D eigenvalue weighted by atomic mass is 16.5. The van der Waals surface area contributed by atoms with E-state index in [0.29, 0.717) is 17.1 Å². The molecule has 20 heavy (non-hydrogen) atoms. The van der Waals surface area contributed by atoms with Crippen LogP contribution < -0.4 is 5.56 Å². The van der Waals surface area contributed by atoms with Gasteiger partial charge in [0.2, 0.25) is 0 Å². The zero-order valence-electron chi connectivity index (χ0n) is 12.9. The van der Waals surface area contributed by atoms with E-state index in [1.807, 2.05) is 0 Å². The van der Waals surface area contributed by atoms with Gasteiger partial charge in [-0.05, 0) is 13.3 Å². The number of hydrogen-bond acceptors (Lipinski definition) is 5. The Morgan fingerprint density at radius 2 is 1.90 bits per heavy atom. The predicted octanol–water partition coefficient (Wildman–Crippen LogP) is 1.40. The average Bonchev–Trinajstić information content (AvgIpc) is 2.41. The van der Waals surface area contributed by atoms with Crippen molar-refractivity contribution in [3.63, 3.8) is 0 Å². The Hall–Kier alpha value is -1.69. The molecule has 0 fully saturated rings. The SMILES string of the molecule is CCCCc1nc(C)c(CC(=O)OC)c(=O)[nH]1.COC. The first-order valence-corrected chi connectivity index (χ1v) is 6.55. The molecule has 0 atom stereocenters. The van der Waals surface area contributed by atoms with E-state index in [1.165, 1.54) is 7.11 Å². The van der Waals surface area contributed by atoms with Crippen molar-refractivity contribution in [1.82, 2.24) is 9.97 Å². The molecule has 0 bridgehead atoms. The van der Waals surface area contributed by atoms with Crippen LogP contribution in [0.5, 0.6) is 0 Å². The van der Waals surface area contributed by atoms with Crippen LogP contribution in [0.25, 0.3) is 0 Å². The minimum atomic E-state index is -0.429. The minimum Gasteiger partial charge on any atom is -0.469 e. The van der Waals surface area contributed by atoms with Gasteiger partial charge in [0.15, 0.2) is 0 Å². The molecule has 1 rings (SSSR count). The van der Waals surface area contributed by atoms with Crippen LogP contribution in [0.4, 0.5) is 0 Å². The maximum Gasteiger partial charge on any atom is 0.310 e. The summed E-state index contributed by atoms with van der Waals surface area (Å²) >= 11 is 0. The third-order valence-electron chi connectivity index (χ3n) is 2.59. The summed E-state index contributed by atoms with van der Waals surface area (Å²) in [5.41, 5.74) is 0.747. The molecule has 0 saturated heterocycles. The van der Waals surface area contributed by atoms with Crippen molar-refractivity contribution in [2.75, 3.05) is 21.3 Å². The molecule has 6 nitrogen and oxygen atoms in total. The van der Waals surface area contributed by atoms with E-state index >= 15 is 0 Å². The predicted molar refractivity (Wildman–Crippen MR) is 76.9 cm³/mol. The Morgan fingerprint density at radius 3 is 2.35 bits per heavy atom. The van der Waals surface area contributed by atoms with Gasteiger partial charge in [0.05, 0.1) is 13.5 Å². The van der Waals surface area contributed by atoms with Crippen molar-refractivity contribution in [3.8, 4) is 0 Å². The Bertz CT molecular complexity index is 469. The second-order valence-electron chi connectivity index (χ2n) is 4.34. The van der Waals surface area contributed by atoms with Gasteiger partial charge >= 0.3 is 5.97 Å². The van der Waals surface area contributed by atoms with Crippen molar-refractivity contribution in [3.05, 3.63) is 27.4 Å². The van der Waals surface area contributed by atoms with Gasteiger partial charge < -0.3 is 14.5 Å². The quantitative estimate of drug-likeness (QED) is 0.827. The van der Waals surface area contributed by atoms with Crippen LogP contribution in [-0.4, -0.2) is 37.3 Å². The van der Waals surface area contributed by atoms with E-state index in [1.54, 1.807) is 21.1 Å². The van der Waals surface area contributed by atoms with E-state index in [0.717, 1.165) is 19.3 Å². The summed E-state index contributed by atoms with van der Waals surface area (Å²) in [6, 6.07) is 0. The molecule has 6 heteroatoms. The fourth-order valence-corrected chi connectivity index (χ4v) is 1.56. The number of ether oxygens (including phenoxy) is 2. The first-order chi connectivity index (χ1) is 9.49. The Balaban J connectivity index is 0.00000110. The van der Waals surface area contributed by atoms with Crippen LogP contribution in [-0.2, 0) is 27.1 Å². The molecular weight excluding hydrogens is 260 g/mol. The van der Waals surface area contributed by atoms with Crippen LogP contribution in [0.2, 0.25) is 0 Å². The maximum absolute atomic E-state index is 11.8. The standard InChI is InChI=1S/C12H18N2O3.C2H6O/c1-4-5-6-10-13-8(2)9(12(16)14-10)7-11(15)17-3;1-3-2/h4-7H2,1-3H3,(H,13,14,16);1-2H3. The highest BCUT2D eigenvalue weighted by Gasteiger charge is 2.12. The summed E-state index contributed by atoms with van der Waals surface area (Å²) in [5, 5.41) is 0. The average molecular weight is 284 g/mol. The number of esters is 1. The molecule has 1 aromatic heterocycles. The third kappa shape index (κ3) is 6.47. The lowest BCUT2D eigenvalue weighted by molar-refractivity contribution is -0.139. The number of nitrogens with zero attached hydrogens (tertiary/aromatic N) is 1. The van der Waals surface area contributed by atoms with Gasteiger partial charge in [-0.25, -0.2) is 4.98 Å². The zero-order chi connectivity index (χ0) is 15.5. The molecule has 0 spiro atoms. The number of aromatic amines is 1. The highest BCUT2D eigenvalue weighted by molar-refractivity contribution is 5.72. The number of rotatable bonds is 5. The molecule has 0 aliphatic carbocycles. The highest BCUT2D eigenvalue weighted by Crippen LogP contribution is 2.03. The number of hydrogen-bond donors (Lipinski definition) is 1. The topological polar surface area (TPSA) is 81.3 Å². The van der Waals surface area contributed by atoms with Crippen molar-refractivity contribution in [2.45, 2.75) is 39.5 Å². The summed E-state index contributed by atoms with van der Waals surface area (Å²) in [6.07, 6.45) is 2.76. The number of methoxy groups -OCH3 is 2. The Labute approximate surface area is 119 Å². The van der Waals surface area contributed by atoms with Crippen molar-refractivity contribution in [1.29, 1.82) is 0 Å². The van der Waals surface area contributed by atoms with Crippen LogP contribution in [0.1, 0.15) is 36.8 Å². The zero-order valence-corrected chi connectivity index (χ0v) is 12.9. The third-order valence-corrected chi connectivity index (χ3v) is 2.59. The first kappa shape index (κ1) is 18.3. The van der Waals surface area contributed by atoms with Crippen LogP contribution in [0.15, 0.2) is 4.79 Å². The molecule has 1 N–H and O–H groups in total. The summed E-state index contributed by atoms with van der Waals surface area (Å²) in [5.74, 6) is 0.254. The van der Waals surface area contributed by atoms with Gasteiger partial charge in [0.1, 0.15) is 5.82 Å². The number of unbranched alkanes of at least 4 members (excludes halogenated alkanes) is 1. The molecule has 0 aliphatic rings. The lowest BCUT2D eigenvalue weighted by Crippen LogP contribution is -2.22. The lowest BCUT2D eigenvalue weighted by Gasteiger charge is -2.06. The molecule has 0 radical (unpaired) electrons. The van der Waals surface area contributed by atoms with Crippen LogP contribution >= 0.6 is 0 Å². The number of carbonyl (C=O) groups excluding carboxylic acids is 1. The van der Waals surface area contributed by atoms with E-state index in [2.05, 4.69) is 26.4 Å². The molecule has 0 unspecified atom stereocenters. The van der Waals surface area contributed by atoms with Crippen LogP contribution in [0, 0.1) is 6.92 Å². The van der Waals surface area contributed by atoms with E-state index < -0.39 is 5.97 Å². The molecule has 114 valence electrons. The number of aromatic nitrogens is 2. The number of nitrogens with one attached hydrogen (secondary N) is 1. The molecule has 0 aromatic carbocycles. The molecule has 1 aromatic rings. The van der Waals surface area contributed by atoms with E-state index in [-0.39, 0.29) is 12.0 Å². The Kier molecular flexibility index (Phi) is 9.28. The smallest absolute Gasteiger partial charge is 0.310 e. The second-order valence-corrected chi connectivity index (χ2v) is 4.34. The first-order valence-electron chi connectivity index (χ1n) is 6.55. The van der Waals surface area contributed by atoms with Gasteiger partial charge in [-0.15, -0.1) is 0 Å². The number of aryl methyl sites for hydroxylation is 2. The molecular formula is C14H24N2O4. The lowest BCUT2D eigenvalue weighted by atomic mass is 10.1. The minimum absolute atomic E-state index is 0.0290. The molecule has 0 saturated carbocycles. The van der Waals surface area contributed by atoms with Gasteiger partial charge in [-0.3, -0.25) is 9.59 Å². The van der Waals surface area contributed by atoms with E-state index in [4.69, 9.17) is 0 Å². The number of carbonyl (C=O) groups is 1. The normalized spacial score (nSPS) is 9.65. The summed E-state index contributed by atoms with van der Waals surface area (Å²) in [6.45, 7) is 3.82. The fraction of sp³-hybridized carbons (Fsp3) is 0.643. The molecule has 0 amide bonds. The van der Waals surface area contributed by atoms with E-state index in [9.17, 15) is 9.59 Å². The van der Waals surface area contributed by atoms with Crippen LogP contribution in [0.3, 0.4) is 0 Å². The van der Waals surface area contributed by atoms with Crippen molar-refractivity contribution in [2.24, 2.45) is 0 Å². The largest absolute Gasteiger partial charge is 0.469 e. The van der Waals surface area contributed by atoms with Crippen molar-refractivity contribution < 1.29 is 14.3 Å². The monoisotopic (exact) mass is 284 g/mol. The van der Waals surface area contributed by atoms with Gasteiger partial charge in [0, 0.05) is 31.9 Å². The van der Waals surface area contributed by atoms with Crippen molar-refractivity contribution >= 4 is 5.97 Å². The maximum atomic E-state index is 11.8. The summed E-state index contributed by atoms with van der Waals surface area (Å²) in [4.78, 5) is 29.9. The fourth-order valence-electron chi connectivity index (χ4n) is 1.56. The molecule has 0 aliphatic heterocycles. The van der Waals surface area contributed by atoms with Gasteiger partial charge in [0.25, 0.3) is 5.56 Å². The summed E-state index contributed by atoms with van der Waals surface area (Å²) in [7, 11) is 4.55. The van der Waals surface area contributed by atoms with Gasteiger partial charge in [-0.1, -0.05) is 13.3 Å². The molecule has 1 heterocycles. The second kappa shape index (κ2) is 10.1. The Morgan fingerprint density at radius 1 is 1.30 bits per heavy atom. The van der Waals surface area contributed by atoms with Gasteiger partial charge in [-0.2, -0.15) is 0 Å². The summed E-state index contributed by atoms with van der Waals surface area (Å²) < 4.78 is 8.79. The number of H-pyrrole nitrogens is 1.